The highest BCUT2D eigenvalue weighted by Crippen LogP contribution is 2.68. The van der Waals surface area contributed by atoms with Crippen LogP contribution in [0.5, 0.6) is 5.75 Å². The molecule has 2 aliphatic heterocycles. The minimum Gasteiger partial charge on any atom is -0.497 e. The Kier molecular flexibility index (Phi) is 3.65. The predicted molar refractivity (Wildman–Crippen MR) is 107 cm³/mol. The van der Waals surface area contributed by atoms with Crippen molar-refractivity contribution in [3.05, 3.63) is 38.7 Å². The molecule has 8 heteroatoms. The molecular formula is C20H17NO4S3. The average molecular weight is 432 g/mol. The summed E-state index contributed by atoms with van der Waals surface area (Å²) >= 11 is 8.89. The van der Waals surface area contributed by atoms with E-state index in [0.29, 0.717) is 11.2 Å². The summed E-state index contributed by atoms with van der Waals surface area (Å²) in [6.07, 6.45) is 0.931. The first kappa shape index (κ1) is 17.2. The number of carbonyl (C=O) groups excluding carboxylic acids is 2. The number of aromatic nitrogens is 1. The quantitative estimate of drug-likeness (QED) is 0.440. The molecule has 2 saturated carbocycles. The summed E-state index contributed by atoms with van der Waals surface area (Å²) in [5, 5.41) is 1.42. The van der Waals surface area contributed by atoms with Crippen LogP contribution in [0.2, 0.25) is 0 Å². The van der Waals surface area contributed by atoms with Gasteiger partial charge in [-0.25, -0.2) is 0 Å². The van der Waals surface area contributed by atoms with Crippen LogP contribution in [0.15, 0.2) is 29.3 Å². The number of carbonyl (C=O) groups is 2. The molecule has 28 heavy (non-hydrogen) atoms. The second kappa shape index (κ2) is 5.93. The number of benzene rings is 1. The highest BCUT2D eigenvalue weighted by molar-refractivity contribution is 8.00. The smallest absolute Gasteiger partial charge is 0.317 e. The average Bonchev–Trinajstić information content (AvgIpc) is 3.41. The summed E-state index contributed by atoms with van der Waals surface area (Å²) in [4.78, 5) is 29.3. The van der Waals surface area contributed by atoms with Gasteiger partial charge in [0, 0.05) is 16.0 Å². The van der Waals surface area contributed by atoms with E-state index in [-0.39, 0.29) is 41.5 Å². The van der Waals surface area contributed by atoms with E-state index in [2.05, 4.69) is 17.1 Å². The number of fused-ring (bicyclic) bond motifs is 9. The van der Waals surface area contributed by atoms with Gasteiger partial charge in [0.2, 0.25) is 0 Å². The molecule has 0 spiro atoms. The molecule has 7 atom stereocenters. The van der Waals surface area contributed by atoms with Crippen LogP contribution in [-0.2, 0) is 14.3 Å². The lowest BCUT2D eigenvalue weighted by Gasteiger charge is -2.42. The number of nitrogens with one attached hydrogen (secondary N) is 1. The lowest BCUT2D eigenvalue weighted by molar-refractivity contribution is -0.154. The molecule has 0 radical (unpaired) electrons. The highest BCUT2D eigenvalue weighted by Gasteiger charge is 2.69. The number of esters is 2. The summed E-state index contributed by atoms with van der Waals surface area (Å²) in [5.74, 6) is 0.520. The number of hydrogen-bond donors (Lipinski definition) is 1. The fraction of sp³-hybridized carbons (Fsp3) is 0.450. The first-order valence-corrected chi connectivity index (χ1v) is 11.5. The Morgan fingerprint density at radius 1 is 1.14 bits per heavy atom. The van der Waals surface area contributed by atoms with Crippen molar-refractivity contribution in [2.24, 2.45) is 29.6 Å². The number of thioether (sulfide) groups is 1. The van der Waals surface area contributed by atoms with Crippen molar-refractivity contribution in [2.75, 3.05) is 7.11 Å². The zero-order chi connectivity index (χ0) is 19.2. The predicted octanol–water partition coefficient (Wildman–Crippen LogP) is 4.00. The Labute approximate surface area is 174 Å². The zero-order valence-corrected chi connectivity index (χ0v) is 17.4. The van der Waals surface area contributed by atoms with Crippen molar-refractivity contribution in [1.82, 2.24) is 4.98 Å². The van der Waals surface area contributed by atoms with Crippen molar-refractivity contribution in [2.45, 2.75) is 22.6 Å². The van der Waals surface area contributed by atoms with Crippen LogP contribution in [0.1, 0.15) is 22.8 Å². The van der Waals surface area contributed by atoms with Crippen LogP contribution in [0.3, 0.4) is 0 Å². The van der Waals surface area contributed by atoms with E-state index in [1.165, 1.54) is 10.4 Å². The van der Waals surface area contributed by atoms with Crippen LogP contribution in [0, 0.1) is 33.5 Å². The first-order chi connectivity index (χ1) is 13.6. The molecule has 4 aliphatic rings. The molecule has 2 aliphatic carbocycles. The summed E-state index contributed by atoms with van der Waals surface area (Å²) in [5.41, 5.74) is 1.21. The maximum Gasteiger partial charge on any atom is 0.317 e. The van der Waals surface area contributed by atoms with Gasteiger partial charge in [0.15, 0.2) is 3.95 Å². The number of hydrogen-bond acceptors (Lipinski definition) is 7. The van der Waals surface area contributed by atoms with Crippen LogP contribution >= 0.6 is 35.3 Å². The number of aromatic amines is 1. The number of cyclic esters (lactones) is 2. The van der Waals surface area contributed by atoms with Gasteiger partial charge in [-0.05, 0) is 54.1 Å². The SMILES string of the molecule is COc1ccc(C2c3sc(=S)[nH]c3SC3C4CC(C5C(=O)OC(=O)C45)C23)cc1. The Morgan fingerprint density at radius 2 is 1.86 bits per heavy atom. The molecule has 1 saturated heterocycles. The van der Waals surface area contributed by atoms with E-state index < -0.39 is 0 Å². The van der Waals surface area contributed by atoms with Gasteiger partial charge < -0.3 is 14.5 Å². The molecular weight excluding hydrogens is 414 g/mol. The van der Waals surface area contributed by atoms with Crippen LogP contribution in [0.25, 0.3) is 0 Å². The number of rotatable bonds is 2. The van der Waals surface area contributed by atoms with Crippen molar-refractivity contribution >= 4 is 47.3 Å². The van der Waals surface area contributed by atoms with Crippen molar-refractivity contribution in [1.29, 1.82) is 0 Å². The van der Waals surface area contributed by atoms with Gasteiger partial charge in [-0.2, -0.15) is 0 Å². The van der Waals surface area contributed by atoms with E-state index in [9.17, 15) is 9.59 Å². The Hall–Kier alpha value is -1.64. The van der Waals surface area contributed by atoms with Gasteiger partial charge in [-0.1, -0.05) is 12.1 Å². The van der Waals surface area contributed by atoms with Crippen molar-refractivity contribution in [3.8, 4) is 5.75 Å². The topological polar surface area (TPSA) is 68.4 Å². The van der Waals surface area contributed by atoms with Gasteiger partial charge >= 0.3 is 11.9 Å². The number of ether oxygens (including phenoxy) is 2. The molecule has 2 bridgehead atoms. The molecule has 5 nitrogen and oxygen atoms in total. The first-order valence-electron chi connectivity index (χ1n) is 9.36. The van der Waals surface area contributed by atoms with Crippen LogP contribution in [-0.4, -0.2) is 29.3 Å². The molecule has 6 rings (SSSR count). The fourth-order valence-corrected chi connectivity index (χ4v) is 9.33. The van der Waals surface area contributed by atoms with Crippen LogP contribution in [0.4, 0.5) is 0 Å². The third-order valence-corrected chi connectivity index (χ3v) is 9.87. The van der Waals surface area contributed by atoms with E-state index in [1.807, 2.05) is 23.9 Å². The maximum atomic E-state index is 12.4. The van der Waals surface area contributed by atoms with Gasteiger partial charge in [0.1, 0.15) is 5.75 Å². The van der Waals surface area contributed by atoms with E-state index in [1.54, 1.807) is 18.4 Å². The van der Waals surface area contributed by atoms with Crippen molar-refractivity contribution < 1.29 is 19.1 Å². The maximum absolute atomic E-state index is 12.4. The van der Waals surface area contributed by atoms with E-state index in [0.717, 1.165) is 21.2 Å². The molecule has 2 aromatic rings. The summed E-state index contributed by atoms with van der Waals surface area (Å²) in [6.45, 7) is 0. The number of H-pyrrole nitrogens is 1. The molecule has 1 aromatic heterocycles. The van der Waals surface area contributed by atoms with Gasteiger partial charge in [0.05, 0.1) is 24.0 Å². The van der Waals surface area contributed by atoms with Gasteiger partial charge in [-0.3, -0.25) is 9.59 Å². The normalized spacial score (nSPS) is 37.4. The van der Waals surface area contributed by atoms with Crippen molar-refractivity contribution in [3.63, 3.8) is 0 Å². The van der Waals surface area contributed by atoms with Crippen LogP contribution < -0.4 is 4.74 Å². The summed E-state index contributed by atoms with van der Waals surface area (Å²) in [6, 6.07) is 8.21. The van der Waals surface area contributed by atoms with Gasteiger partial charge in [0.25, 0.3) is 0 Å². The minimum atomic E-state index is -0.313. The second-order valence-corrected chi connectivity index (χ2v) is 10.9. The molecule has 3 fully saturated rings. The molecule has 1 N–H and O–H groups in total. The highest BCUT2D eigenvalue weighted by atomic mass is 32.2. The molecule has 1 aromatic carbocycles. The number of methoxy groups -OCH3 is 1. The number of thiazole rings is 1. The standard InChI is InChI=1S/C20H17NO4S3/c1-24-8-4-2-7(3-5-8)11-12-9-6-10(14-13(9)18(22)25-19(14)23)15(12)27-17-16(11)28-20(26)21-17/h2-5,9-15H,6H2,1H3,(H,21,26). The molecule has 0 amide bonds. The summed E-state index contributed by atoms with van der Waals surface area (Å²) < 4.78 is 11.1. The third kappa shape index (κ3) is 2.16. The van der Waals surface area contributed by atoms with Gasteiger partial charge in [-0.15, -0.1) is 23.1 Å². The largest absolute Gasteiger partial charge is 0.497 e. The van der Waals surface area contributed by atoms with E-state index in [4.69, 9.17) is 21.7 Å². The molecule has 3 heterocycles. The van der Waals surface area contributed by atoms with E-state index >= 15 is 0 Å². The Morgan fingerprint density at radius 3 is 2.57 bits per heavy atom. The zero-order valence-electron chi connectivity index (χ0n) is 14.9. The molecule has 144 valence electrons. The Bertz CT molecular complexity index is 1060. The fourth-order valence-electron chi connectivity index (χ4n) is 6.00. The lowest BCUT2D eigenvalue weighted by Crippen LogP contribution is -2.42. The minimum absolute atomic E-state index is 0.171. The molecule has 7 unspecified atom stereocenters. The lowest BCUT2D eigenvalue weighted by atomic mass is 9.68. The monoisotopic (exact) mass is 431 g/mol. The summed E-state index contributed by atoms with van der Waals surface area (Å²) in [7, 11) is 1.66. The third-order valence-electron chi connectivity index (χ3n) is 6.93. The Balaban J connectivity index is 1.50. The second-order valence-electron chi connectivity index (χ2n) is 7.97.